The van der Waals surface area contributed by atoms with Gasteiger partial charge in [0.1, 0.15) is 11.6 Å². The molecule has 0 atom stereocenters. The van der Waals surface area contributed by atoms with Crippen molar-refractivity contribution < 1.29 is 14.3 Å². The number of nitrogens with two attached hydrogens (primary N) is 1. The van der Waals surface area contributed by atoms with E-state index < -0.39 is 5.82 Å². The highest BCUT2D eigenvalue weighted by Gasteiger charge is 2.08. The molecule has 20 heavy (non-hydrogen) atoms. The molecule has 0 aliphatic rings. The van der Waals surface area contributed by atoms with E-state index in [9.17, 15) is 14.3 Å². The number of benzene rings is 2. The topological polar surface area (TPSA) is 75.3 Å². The molecule has 2 aromatic rings. The second kappa shape index (κ2) is 6.16. The van der Waals surface area contributed by atoms with Crippen LogP contribution < -0.4 is 11.1 Å². The molecule has 0 unspecified atom stereocenters. The van der Waals surface area contributed by atoms with Crippen LogP contribution in [0.15, 0.2) is 42.5 Å². The summed E-state index contributed by atoms with van der Waals surface area (Å²) in [6, 6.07) is 10.6. The summed E-state index contributed by atoms with van der Waals surface area (Å²) >= 11 is 0. The molecule has 1 amide bonds. The van der Waals surface area contributed by atoms with Crippen LogP contribution in [0.25, 0.3) is 0 Å². The monoisotopic (exact) mass is 274 g/mol. The highest BCUT2D eigenvalue weighted by molar-refractivity contribution is 5.94. The van der Waals surface area contributed by atoms with Gasteiger partial charge in [0, 0.05) is 24.2 Å². The van der Waals surface area contributed by atoms with Gasteiger partial charge in [0.05, 0.1) is 0 Å². The number of amides is 1. The number of carbonyl (C=O) groups is 1. The molecule has 0 heterocycles. The molecule has 0 radical (unpaired) electrons. The van der Waals surface area contributed by atoms with Gasteiger partial charge in [-0.05, 0) is 29.8 Å². The molecular formula is C15H15FN2O2. The van der Waals surface area contributed by atoms with Crippen LogP contribution in [0.2, 0.25) is 0 Å². The quantitative estimate of drug-likeness (QED) is 0.797. The molecule has 5 heteroatoms. The first-order chi connectivity index (χ1) is 9.60. The lowest BCUT2D eigenvalue weighted by atomic mass is 10.1. The maximum atomic E-state index is 13.7. The molecule has 0 bridgehead atoms. The third-order valence-corrected chi connectivity index (χ3v) is 2.90. The van der Waals surface area contributed by atoms with E-state index in [0.717, 1.165) is 0 Å². The number of hydrogen-bond donors (Lipinski definition) is 3. The van der Waals surface area contributed by atoms with Gasteiger partial charge < -0.3 is 16.2 Å². The van der Waals surface area contributed by atoms with Crippen molar-refractivity contribution in [3.63, 3.8) is 0 Å². The summed E-state index contributed by atoms with van der Waals surface area (Å²) in [5.74, 6) is -0.761. The number of nitrogens with one attached hydrogen (secondary N) is 1. The van der Waals surface area contributed by atoms with Crippen molar-refractivity contribution in [3.05, 3.63) is 65.0 Å². The van der Waals surface area contributed by atoms with E-state index in [0.29, 0.717) is 16.7 Å². The van der Waals surface area contributed by atoms with E-state index in [4.69, 9.17) is 5.73 Å². The summed E-state index contributed by atoms with van der Waals surface area (Å²) in [4.78, 5) is 11.8. The highest BCUT2D eigenvalue weighted by Crippen LogP contribution is 2.12. The number of rotatable bonds is 4. The van der Waals surface area contributed by atoms with Gasteiger partial charge in [-0.3, -0.25) is 4.79 Å². The van der Waals surface area contributed by atoms with Crippen molar-refractivity contribution in [1.82, 2.24) is 5.32 Å². The number of phenols is 1. The Morgan fingerprint density at radius 3 is 2.70 bits per heavy atom. The van der Waals surface area contributed by atoms with Crippen LogP contribution in [0.3, 0.4) is 0 Å². The van der Waals surface area contributed by atoms with E-state index >= 15 is 0 Å². The van der Waals surface area contributed by atoms with Gasteiger partial charge in [-0.15, -0.1) is 0 Å². The molecule has 104 valence electrons. The van der Waals surface area contributed by atoms with E-state index in [1.165, 1.54) is 18.2 Å². The Labute approximate surface area is 116 Å². The number of halogens is 1. The van der Waals surface area contributed by atoms with E-state index in [2.05, 4.69) is 5.32 Å². The highest BCUT2D eigenvalue weighted by atomic mass is 19.1. The van der Waals surface area contributed by atoms with Crippen molar-refractivity contribution >= 4 is 5.91 Å². The fraction of sp³-hybridized carbons (Fsp3) is 0.133. The van der Waals surface area contributed by atoms with Crippen molar-refractivity contribution in [2.45, 2.75) is 13.1 Å². The van der Waals surface area contributed by atoms with Crippen molar-refractivity contribution in [2.24, 2.45) is 5.73 Å². The number of phenolic OH excluding ortho intramolecular Hbond substituents is 1. The molecule has 0 saturated heterocycles. The fourth-order valence-electron chi connectivity index (χ4n) is 1.79. The van der Waals surface area contributed by atoms with Gasteiger partial charge in [-0.25, -0.2) is 4.39 Å². The van der Waals surface area contributed by atoms with Gasteiger partial charge in [0.2, 0.25) is 0 Å². The third-order valence-electron chi connectivity index (χ3n) is 2.90. The van der Waals surface area contributed by atoms with Crippen molar-refractivity contribution in [1.29, 1.82) is 0 Å². The molecule has 0 saturated carbocycles. The molecule has 0 spiro atoms. The fourth-order valence-corrected chi connectivity index (χ4v) is 1.79. The lowest BCUT2D eigenvalue weighted by molar-refractivity contribution is 0.0950. The average Bonchev–Trinajstić information content (AvgIpc) is 2.45. The zero-order valence-corrected chi connectivity index (χ0v) is 10.8. The van der Waals surface area contributed by atoms with E-state index in [-0.39, 0.29) is 24.7 Å². The Hall–Kier alpha value is -2.40. The van der Waals surface area contributed by atoms with E-state index in [1.54, 1.807) is 24.3 Å². The molecule has 2 aromatic carbocycles. The van der Waals surface area contributed by atoms with Crippen LogP contribution in [0.4, 0.5) is 4.39 Å². The lowest BCUT2D eigenvalue weighted by Gasteiger charge is -2.08. The Morgan fingerprint density at radius 2 is 2.05 bits per heavy atom. The lowest BCUT2D eigenvalue weighted by Crippen LogP contribution is -2.23. The summed E-state index contributed by atoms with van der Waals surface area (Å²) in [7, 11) is 0. The Kier molecular flexibility index (Phi) is 4.32. The zero-order chi connectivity index (χ0) is 14.5. The third kappa shape index (κ3) is 3.33. The van der Waals surface area contributed by atoms with Gasteiger partial charge >= 0.3 is 0 Å². The molecule has 0 fully saturated rings. The minimum Gasteiger partial charge on any atom is -0.508 e. The van der Waals surface area contributed by atoms with Crippen LogP contribution in [0.1, 0.15) is 21.5 Å². The predicted octanol–water partition coefficient (Wildman–Crippen LogP) is 1.92. The second-order valence-corrected chi connectivity index (χ2v) is 4.36. The van der Waals surface area contributed by atoms with Crippen molar-refractivity contribution in [2.75, 3.05) is 0 Å². The normalized spacial score (nSPS) is 10.3. The molecule has 4 nitrogen and oxygen atoms in total. The molecule has 0 aliphatic heterocycles. The predicted molar refractivity (Wildman–Crippen MR) is 73.6 cm³/mol. The first kappa shape index (κ1) is 14.0. The zero-order valence-electron chi connectivity index (χ0n) is 10.8. The number of aromatic hydroxyl groups is 1. The molecule has 0 aromatic heterocycles. The average molecular weight is 274 g/mol. The Bertz CT molecular complexity index is 629. The summed E-state index contributed by atoms with van der Waals surface area (Å²) < 4.78 is 13.7. The summed E-state index contributed by atoms with van der Waals surface area (Å²) in [5, 5.41) is 11.9. The van der Waals surface area contributed by atoms with Crippen LogP contribution in [0.5, 0.6) is 5.75 Å². The summed E-state index contributed by atoms with van der Waals surface area (Å²) in [5.41, 5.74) is 6.83. The van der Waals surface area contributed by atoms with Crippen LogP contribution in [0, 0.1) is 5.82 Å². The van der Waals surface area contributed by atoms with E-state index in [1.807, 2.05) is 0 Å². The SMILES string of the molecule is NCc1ccc(CNC(=O)c2cccc(O)c2)c(F)c1. The van der Waals surface area contributed by atoms with Crippen molar-refractivity contribution in [3.8, 4) is 5.75 Å². The smallest absolute Gasteiger partial charge is 0.251 e. The molecule has 2 rings (SSSR count). The molecular weight excluding hydrogens is 259 g/mol. The standard InChI is InChI=1S/C15H15FN2O2/c16-14-6-10(8-17)4-5-12(14)9-18-15(20)11-2-1-3-13(19)7-11/h1-7,19H,8-9,17H2,(H,18,20). The van der Waals surface area contributed by atoms with Crippen LogP contribution in [-0.2, 0) is 13.1 Å². The number of carbonyl (C=O) groups excluding carboxylic acids is 1. The Morgan fingerprint density at radius 1 is 1.25 bits per heavy atom. The maximum absolute atomic E-state index is 13.7. The second-order valence-electron chi connectivity index (χ2n) is 4.36. The minimum absolute atomic E-state index is 0.0103. The summed E-state index contributed by atoms with van der Waals surface area (Å²) in [6.45, 7) is 0.345. The number of hydrogen-bond acceptors (Lipinski definition) is 3. The van der Waals surface area contributed by atoms with Gasteiger partial charge in [-0.1, -0.05) is 18.2 Å². The van der Waals surface area contributed by atoms with Gasteiger partial charge in [0.15, 0.2) is 0 Å². The van der Waals surface area contributed by atoms with Crippen LogP contribution in [-0.4, -0.2) is 11.0 Å². The minimum atomic E-state index is -0.399. The largest absolute Gasteiger partial charge is 0.508 e. The first-order valence-electron chi connectivity index (χ1n) is 6.15. The molecule has 0 aliphatic carbocycles. The molecule has 4 N–H and O–H groups in total. The van der Waals surface area contributed by atoms with Gasteiger partial charge in [0.25, 0.3) is 5.91 Å². The summed E-state index contributed by atoms with van der Waals surface area (Å²) in [6.07, 6.45) is 0. The van der Waals surface area contributed by atoms with Gasteiger partial charge in [-0.2, -0.15) is 0 Å². The first-order valence-corrected chi connectivity index (χ1v) is 6.15. The Balaban J connectivity index is 2.03. The van der Waals surface area contributed by atoms with Crippen LogP contribution >= 0.6 is 0 Å². The maximum Gasteiger partial charge on any atom is 0.251 e.